The van der Waals surface area contributed by atoms with Gasteiger partial charge in [-0.1, -0.05) is 60.7 Å². The van der Waals surface area contributed by atoms with Gasteiger partial charge >= 0.3 is 6.18 Å². The van der Waals surface area contributed by atoms with E-state index in [-0.39, 0.29) is 13.0 Å². The molecule has 0 aromatic heterocycles. The maximum absolute atomic E-state index is 14.6. The second-order valence-corrected chi connectivity index (χ2v) is 6.06. The van der Waals surface area contributed by atoms with Crippen molar-refractivity contribution >= 4 is 5.91 Å². The van der Waals surface area contributed by atoms with Crippen LogP contribution in [0.1, 0.15) is 17.2 Å². The first-order chi connectivity index (χ1) is 12.4. The summed E-state index contributed by atoms with van der Waals surface area (Å²) < 4.78 is 59.3. The molecule has 0 radical (unpaired) electrons. The van der Waals surface area contributed by atoms with Crippen LogP contribution in [0.25, 0.3) is 0 Å². The van der Waals surface area contributed by atoms with Crippen LogP contribution in [0.15, 0.2) is 60.7 Å². The average molecular weight is 367 g/mol. The van der Waals surface area contributed by atoms with Crippen molar-refractivity contribution in [2.24, 2.45) is 0 Å². The number of alkyl halides is 4. The fourth-order valence-electron chi connectivity index (χ4n) is 3.03. The van der Waals surface area contributed by atoms with E-state index in [1.165, 1.54) is 0 Å². The van der Waals surface area contributed by atoms with Crippen LogP contribution in [-0.2, 0) is 16.0 Å². The lowest BCUT2D eigenvalue weighted by atomic mass is 10.0. The topological polar surface area (TPSA) is 29.5 Å². The Hall–Kier alpha value is -2.41. The van der Waals surface area contributed by atoms with Crippen LogP contribution in [-0.4, -0.2) is 36.0 Å². The van der Waals surface area contributed by atoms with E-state index < -0.39 is 30.5 Å². The molecule has 1 aliphatic rings. The van der Waals surface area contributed by atoms with E-state index in [0.717, 1.165) is 0 Å². The molecular formula is C19H17F4NO2. The average Bonchev–Trinajstić information content (AvgIpc) is 3.08. The highest BCUT2D eigenvalue weighted by Gasteiger charge is 2.54. The Kier molecular flexibility index (Phi) is 5.27. The number of nitrogens with zero attached hydrogens (tertiary/aromatic N) is 1. The van der Waals surface area contributed by atoms with Crippen LogP contribution in [0.2, 0.25) is 0 Å². The molecule has 138 valence electrons. The van der Waals surface area contributed by atoms with E-state index in [4.69, 9.17) is 4.74 Å². The van der Waals surface area contributed by atoms with Gasteiger partial charge in [-0.2, -0.15) is 13.2 Å². The fourth-order valence-corrected chi connectivity index (χ4v) is 3.03. The largest absolute Gasteiger partial charge is 0.433 e. The Morgan fingerprint density at radius 3 is 2.23 bits per heavy atom. The van der Waals surface area contributed by atoms with Crippen molar-refractivity contribution in [1.29, 1.82) is 0 Å². The van der Waals surface area contributed by atoms with Crippen molar-refractivity contribution in [1.82, 2.24) is 4.90 Å². The Labute approximate surface area is 148 Å². The zero-order valence-electron chi connectivity index (χ0n) is 13.7. The molecule has 3 unspecified atom stereocenters. The van der Waals surface area contributed by atoms with Crippen molar-refractivity contribution in [3.63, 3.8) is 0 Å². The number of rotatable bonds is 4. The molecule has 1 heterocycles. The SMILES string of the molecule is O=C(C(F)Cc1ccccc1)N1C(c2ccccc2)COC1C(F)(F)F. The molecule has 0 saturated carbocycles. The second-order valence-electron chi connectivity index (χ2n) is 6.06. The molecule has 0 aliphatic carbocycles. The Bertz CT molecular complexity index is 736. The predicted molar refractivity (Wildman–Crippen MR) is 86.9 cm³/mol. The minimum absolute atomic E-state index is 0.289. The van der Waals surface area contributed by atoms with Crippen LogP contribution in [0.5, 0.6) is 0 Å². The molecule has 1 aliphatic heterocycles. The van der Waals surface area contributed by atoms with Gasteiger partial charge in [0.05, 0.1) is 12.6 Å². The Morgan fingerprint density at radius 1 is 1.08 bits per heavy atom. The van der Waals surface area contributed by atoms with E-state index >= 15 is 0 Å². The van der Waals surface area contributed by atoms with Gasteiger partial charge in [0, 0.05) is 6.42 Å². The summed E-state index contributed by atoms with van der Waals surface area (Å²) in [6.07, 6.45) is -9.63. The number of carbonyl (C=O) groups is 1. The molecule has 2 aromatic carbocycles. The molecule has 1 fully saturated rings. The highest BCUT2D eigenvalue weighted by molar-refractivity contribution is 5.82. The van der Waals surface area contributed by atoms with Crippen molar-refractivity contribution in [2.75, 3.05) is 6.61 Å². The third-order valence-electron chi connectivity index (χ3n) is 4.24. The van der Waals surface area contributed by atoms with Gasteiger partial charge in [0.25, 0.3) is 5.91 Å². The standard InChI is InChI=1S/C19H17F4NO2/c20-15(11-13-7-3-1-4-8-13)17(25)24-16(14-9-5-2-6-10-14)12-26-18(24)19(21,22)23/h1-10,15-16,18H,11-12H2. The number of halogens is 4. The summed E-state index contributed by atoms with van der Waals surface area (Å²) in [5, 5.41) is 0. The molecule has 2 aromatic rings. The first-order valence-electron chi connectivity index (χ1n) is 8.11. The van der Waals surface area contributed by atoms with Crippen molar-refractivity contribution in [3.05, 3.63) is 71.8 Å². The second kappa shape index (κ2) is 7.45. The molecule has 0 spiro atoms. The van der Waals surface area contributed by atoms with E-state index in [1.54, 1.807) is 60.7 Å². The third-order valence-corrected chi connectivity index (χ3v) is 4.24. The third kappa shape index (κ3) is 3.88. The summed E-state index contributed by atoms with van der Waals surface area (Å²) >= 11 is 0. The predicted octanol–water partition coefficient (Wildman–Crippen LogP) is 4.06. The van der Waals surface area contributed by atoms with Crippen LogP contribution in [0.3, 0.4) is 0 Å². The lowest BCUT2D eigenvalue weighted by Gasteiger charge is -2.30. The van der Waals surface area contributed by atoms with Crippen LogP contribution >= 0.6 is 0 Å². The molecule has 7 heteroatoms. The van der Waals surface area contributed by atoms with Gasteiger partial charge in [-0.25, -0.2) is 4.39 Å². The highest BCUT2D eigenvalue weighted by atomic mass is 19.4. The zero-order valence-corrected chi connectivity index (χ0v) is 13.7. The van der Waals surface area contributed by atoms with Crippen LogP contribution in [0, 0.1) is 0 Å². The van der Waals surface area contributed by atoms with Gasteiger partial charge in [0.1, 0.15) is 0 Å². The highest BCUT2D eigenvalue weighted by Crippen LogP contribution is 2.39. The summed E-state index contributed by atoms with van der Waals surface area (Å²) in [4.78, 5) is 13.1. The summed E-state index contributed by atoms with van der Waals surface area (Å²) in [5.74, 6) is -1.22. The Balaban J connectivity index is 1.86. The summed E-state index contributed by atoms with van der Waals surface area (Å²) in [6, 6.07) is 15.5. The number of amides is 1. The molecule has 3 nitrogen and oxygen atoms in total. The smallest absolute Gasteiger partial charge is 0.347 e. The van der Waals surface area contributed by atoms with Crippen LogP contribution in [0.4, 0.5) is 17.6 Å². The van der Waals surface area contributed by atoms with Gasteiger partial charge in [-0.3, -0.25) is 9.69 Å². The lowest BCUT2D eigenvalue weighted by molar-refractivity contribution is -0.240. The molecular weight excluding hydrogens is 350 g/mol. The first kappa shape index (κ1) is 18.4. The van der Waals surface area contributed by atoms with E-state index in [9.17, 15) is 22.4 Å². The molecule has 3 rings (SSSR count). The van der Waals surface area contributed by atoms with Crippen molar-refractivity contribution in [3.8, 4) is 0 Å². The van der Waals surface area contributed by atoms with E-state index in [1.807, 2.05) is 0 Å². The molecule has 0 N–H and O–H groups in total. The van der Waals surface area contributed by atoms with Crippen LogP contribution < -0.4 is 0 Å². The van der Waals surface area contributed by atoms with Gasteiger partial charge < -0.3 is 4.74 Å². The molecule has 0 bridgehead atoms. The van der Waals surface area contributed by atoms with Gasteiger partial charge in [0.15, 0.2) is 6.17 Å². The maximum atomic E-state index is 14.6. The Morgan fingerprint density at radius 2 is 1.65 bits per heavy atom. The van der Waals surface area contributed by atoms with Gasteiger partial charge in [-0.05, 0) is 11.1 Å². The first-order valence-corrected chi connectivity index (χ1v) is 8.11. The summed E-state index contributed by atoms with van der Waals surface area (Å²) in [5.41, 5.74) is 1.01. The normalized spacial score (nSPS) is 21.6. The van der Waals surface area contributed by atoms with E-state index in [0.29, 0.717) is 16.0 Å². The number of hydrogen-bond donors (Lipinski definition) is 0. The lowest BCUT2D eigenvalue weighted by Crippen LogP contribution is -2.49. The monoisotopic (exact) mass is 367 g/mol. The number of ether oxygens (including phenoxy) is 1. The molecule has 3 atom stereocenters. The number of hydrogen-bond acceptors (Lipinski definition) is 2. The quantitative estimate of drug-likeness (QED) is 0.763. The molecule has 26 heavy (non-hydrogen) atoms. The fraction of sp³-hybridized carbons (Fsp3) is 0.316. The number of carbonyl (C=O) groups excluding carboxylic acids is 1. The molecule has 1 amide bonds. The van der Waals surface area contributed by atoms with Crippen molar-refractivity contribution in [2.45, 2.75) is 31.0 Å². The maximum Gasteiger partial charge on any atom is 0.433 e. The minimum atomic E-state index is -4.80. The van der Waals surface area contributed by atoms with E-state index in [2.05, 4.69) is 0 Å². The zero-order chi connectivity index (χ0) is 18.7. The summed E-state index contributed by atoms with van der Waals surface area (Å²) in [6.45, 7) is -0.335. The molecule has 1 saturated heterocycles. The van der Waals surface area contributed by atoms with Gasteiger partial charge in [0.2, 0.25) is 6.23 Å². The number of benzene rings is 2. The van der Waals surface area contributed by atoms with Gasteiger partial charge in [-0.15, -0.1) is 0 Å². The summed E-state index contributed by atoms with van der Waals surface area (Å²) in [7, 11) is 0. The van der Waals surface area contributed by atoms with Crippen molar-refractivity contribution < 1.29 is 27.1 Å². The minimum Gasteiger partial charge on any atom is -0.347 e.